The van der Waals surface area contributed by atoms with Gasteiger partial charge in [-0.1, -0.05) is 41.4 Å². The quantitative estimate of drug-likeness (QED) is 0.555. The summed E-state index contributed by atoms with van der Waals surface area (Å²) in [5.41, 5.74) is 0.254. The smallest absolute Gasteiger partial charge is 0.282 e. The summed E-state index contributed by atoms with van der Waals surface area (Å²) in [6.07, 6.45) is -1.69. The van der Waals surface area contributed by atoms with Gasteiger partial charge in [0.25, 0.3) is 12.3 Å². The van der Waals surface area contributed by atoms with Crippen LogP contribution in [0.2, 0.25) is 10.0 Å². The van der Waals surface area contributed by atoms with E-state index in [9.17, 15) is 18.0 Å². The highest BCUT2D eigenvalue weighted by atomic mass is 35.5. The van der Waals surface area contributed by atoms with E-state index in [0.29, 0.717) is 16.8 Å². The minimum Gasteiger partial charge on any atom is -0.321 e. The van der Waals surface area contributed by atoms with E-state index >= 15 is 0 Å². The standard InChI is InChI=1S/C18H12Cl2F3N3O/c1-26-8-11(16(25-26)17(22)23)18(27)24-14-5-3-2-4-10(14)9-6-12(19)15(20)13(21)7-9/h2-8,17H,1H3,(H,24,27). The van der Waals surface area contributed by atoms with Gasteiger partial charge >= 0.3 is 0 Å². The average Bonchev–Trinajstić information content (AvgIpc) is 3.02. The molecule has 0 spiro atoms. The number of halogens is 5. The van der Waals surface area contributed by atoms with Crippen molar-refractivity contribution < 1.29 is 18.0 Å². The Morgan fingerprint density at radius 1 is 1.22 bits per heavy atom. The van der Waals surface area contributed by atoms with Gasteiger partial charge in [-0.3, -0.25) is 9.48 Å². The molecular weight excluding hydrogens is 402 g/mol. The van der Waals surface area contributed by atoms with E-state index in [2.05, 4.69) is 10.4 Å². The third-order valence-electron chi connectivity index (χ3n) is 3.78. The van der Waals surface area contributed by atoms with E-state index in [1.165, 1.54) is 25.4 Å². The van der Waals surface area contributed by atoms with Crippen LogP contribution in [0.25, 0.3) is 11.1 Å². The SMILES string of the molecule is Cn1cc(C(=O)Nc2ccccc2-c2cc(F)c(Cl)c(Cl)c2)c(C(F)F)n1. The Morgan fingerprint density at radius 3 is 2.59 bits per heavy atom. The van der Waals surface area contributed by atoms with E-state index in [1.807, 2.05) is 0 Å². The number of para-hydroxylation sites is 1. The zero-order valence-electron chi connectivity index (χ0n) is 13.8. The van der Waals surface area contributed by atoms with Crippen molar-refractivity contribution in [1.29, 1.82) is 0 Å². The van der Waals surface area contributed by atoms with Crippen molar-refractivity contribution >= 4 is 34.8 Å². The molecule has 1 heterocycles. The number of nitrogens with zero attached hydrogens (tertiary/aromatic N) is 2. The molecule has 0 aliphatic heterocycles. The van der Waals surface area contributed by atoms with Crippen molar-refractivity contribution in [2.75, 3.05) is 5.32 Å². The summed E-state index contributed by atoms with van der Waals surface area (Å²) in [7, 11) is 1.44. The number of anilines is 1. The van der Waals surface area contributed by atoms with Gasteiger partial charge in [-0.2, -0.15) is 5.10 Å². The number of rotatable bonds is 4. The molecule has 4 nitrogen and oxygen atoms in total. The van der Waals surface area contributed by atoms with Crippen molar-refractivity contribution in [3.63, 3.8) is 0 Å². The number of amides is 1. The first kappa shape index (κ1) is 19.3. The molecule has 27 heavy (non-hydrogen) atoms. The van der Waals surface area contributed by atoms with Gasteiger partial charge in [0, 0.05) is 24.5 Å². The molecule has 0 radical (unpaired) electrons. The number of carbonyl (C=O) groups excluding carboxylic acids is 1. The third-order valence-corrected chi connectivity index (χ3v) is 4.56. The predicted molar refractivity (Wildman–Crippen MR) is 98.0 cm³/mol. The summed E-state index contributed by atoms with van der Waals surface area (Å²) in [5, 5.41) is 5.98. The number of hydrogen-bond donors (Lipinski definition) is 1. The zero-order valence-corrected chi connectivity index (χ0v) is 15.3. The largest absolute Gasteiger partial charge is 0.321 e. The predicted octanol–water partition coefficient (Wildman–Crippen LogP) is 5.72. The van der Waals surface area contributed by atoms with Gasteiger partial charge in [-0.15, -0.1) is 0 Å². The zero-order chi connectivity index (χ0) is 19.7. The lowest BCUT2D eigenvalue weighted by atomic mass is 10.0. The number of carbonyl (C=O) groups is 1. The van der Waals surface area contributed by atoms with Crippen LogP contribution in [0.4, 0.5) is 18.9 Å². The molecule has 1 aromatic heterocycles. The number of aromatic nitrogens is 2. The molecule has 0 saturated carbocycles. The summed E-state index contributed by atoms with van der Waals surface area (Å²) in [6, 6.07) is 9.14. The molecule has 3 rings (SSSR count). The van der Waals surface area contributed by atoms with Crippen molar-refractivity contribution in [1.82, 2.24) is 9.78 Å². The van der Waals surface area contributed by atoms with Crippen molar-refractivity contribution in [3.05, 3.63) is 69.7 Å². The van der Waals surface area contributed by atoms with E-state index in [4.69, 9.17) is 23.2 Å². The highest BCUT2D eigenvalue weighted by Gasteiger charge is 2.23. The highest BCUT2D eigenvalue weighted by Crippen LogP contribution is 2.35. The van der Waals surface area contributed by atoms with Crippen LogP contribution in [-0.4, -0.2) is 15.7 Å². The van der Waals surface area contributed by atoms with Crippen LogP contribution in [0.5, 0.6) is 0 Å². The fourth-order valence-electron chi connectivity index (χ4n) is 2.59. The molecule has 0 aliphatic rings. The second kappa shape index (κ2) is 7.62. The number of hydrogen-bond acceptors (Lipinski definition) is 2. The lowest BCUT2D eigenvalue weighted by Gasteiger charge is -2.12. The minimum absolute atomic E-state index is 0.0139. The summed E-state index contributed by atoms with van der Waals surface area (Å²) in [5.74, 6) is -1.47. The number of benzene rings is 2. The van der Waals surface area contributed by atoms with Gasteiger partial charge < -0.3 is 5.32 Å². The maximum Gasteiger partial charge on any atom is 0.282 e. The van der Waals surface area contributed by atoms with Gasteiger partial charge in [-0.05, 0) is 23.8 Å². The molecule has 0 unspecified atom stereocenters. The Morgan fingerprint density at radius 2 is 1.93 bits per heavy atom. The van der Waals surface area contributed by atoms with Gasteiger partial charge in [0.15, 0.2) is 0 Å². The lowest BCUT2D eigenvalue weighted by molar-refractivity contribution is 0.101. The molecule has 0 bridgehead atoms. The third kappa shape index (κ3) is 3.94. The molecule has 1 N–H and O–H groups in total. The maximum absolute atomic E-state index is 13.9. The Labute approximate surface area is 162 Å². The first-order valence-corrected chi connectivity index (χ1v) is 8.40. The van der Waals surface area contributed by atoms with Crippen molar-refractivity contribution in [3.8, 4) is 11.1 Å². The van der Waals surface area contributed by atoms with Crippen molar-refractivity contribution in [2.24, 2.45) is 7.05 Å². The summed E-state index contributed by atoms with van der Waals surface area (Å²) < 4.78 is 41.2. The highest BCUT2D eigenvalue weighted by molar-refractivity contribution is 6.42. The summed E-state index contributed by atoms with van der Waals surface area (Å²) in [6.45, 7) is 0. The first-order chi connectivity index (χ1) is 12.8. The van der Waals surface area contributed by atoms with Crippen LogP contribution in [0.1, 0.15) is 22.5 Å². The number of aryl methyl sites for hydroxylation is 1. The van der Waals surface area contributed by atoms with Crippen LogP contribution in [0.15, 0.2) is 42.6 Å². The maximum atomic E-state index is 13.9. The number of alkyl halides is 2. The van der Waals surface area contributed by atoms with Gasteiger partial charge in [0.1, 0.15) is 11.5 Å². The molecule has 140 valence electrons. The van der Waals surface area contributed by atoms with Gasteiger partial charge in [-0.25, -0.2) is 13.2 Å². The average molecular weight is 414 g/mol. The van der Waals surface area contributed by atoms with Crippen LogP contribution >= 0.6 is 23.2 Å². The molecule has 1 amide bonds. The van der Waals surface area contributed by atoms with Crippen LogP contribution in [0, 0.1) is 5.82 Å². The Bertz CT molecular complexity index is 998. The molecule has 9 heteroatoms. The Kier molecular flexibility index (Phi) is 5.43. The van der Waals surface area contributed by atoms with E-state index < -0.39 is 23.8 Å². The van der Waals surface area contributed by atoms with Gasteiger partial charge in [0.2, 0.25) is 0 Å². The second-order valence-corrected chi connectivity index (χ2v) is 6.44. The molecule has 0 fully saturated rings. The van der Waals surface area contributed by atoms with E-state index in [1.54, 1.807) is 24.3 Å². The molecule has 2 aromatic carbocycles. The Hall–Kier alpha value is -2.51. The second-order valence-electron chi connectivity index (χ2n) is 5.66. The van der Waals surface area contributed by atoms with Gasteiger partial charge in [0.05, 0.1) is 15.6 Å². The first-order valence-electron chi connectivity index (χ1n) is 7.65. The van der Waals surface area contributed by atoms with E-state index in [-0.39, 0.29) is 15.6 Å². The summed E-state index contributed by atoms with van der Waals surface area (Å²) >= 11 is 11.7. The van der Waals surface area contributed by atoms with Crippen LogP contribution in [-0.2, 0) is 7.05 Å². The normalized spacial score (nSPS) is 11.1. The minimum atomic E-state index is -2.90. The fraction of sp³-hybridized carbons (Fsp3) is 0.111. The monoisotopic (exact) mass is 413 g/mol. The topological polar surface area (TPSA) is 46.9 Å². The molecule has 3 aromatic rings. The number of nitrogens with one attached hydrogen (secondary N) is 1. The van der Waals surface area contributed by atoms with Crippen LogP contribution < -0.4 is 5.32 Å². The molecule has 0 atom stereocenters. The lowest BCUT2D eigenvalue weighted by Crippen LogP contribution is -2.14. The summed E-state index contributed by atoms with van der Waals surface area (Å²) in [4.78, 5) is 12.5. The fourth-order valence-corrected chi connectivity index (χ4v) is 2.90. The molecular formula is C18H12Cl2F3N3O. The van der Waals surface area contributed by atoms with Crippen LogP contribution in [0.3, 0.4) is 0 Å². The van der Waals surface area contributed by atoms with E-state index in [0.717, 1.165) is 4.68 Å². The molecule has 0 aliphatic carbocycles. The Balaban J connectivity index is 1.99. The van der Waals surface area contributed by atoms with Crippen molar-refractivity contribution in [2.45, 2.75) is 6.43 Å². The molecule has 0 saturated heterocycles.